The maximum absolute atomic E-state index is 12.2. The van der Waals surface area contributed by atoms with Gasteiger partial charge in [-0.25, -0.2) is 0 Å². The molecular weight excluding hydrogens is 260 g/mol. The zero-order chi connectivity index (χ0) is 14.6. The monoisotopic (exact) mass is 284 g/mol. The number of nitrogens with zero attached hydrogens (tertiary/aromatic N) is 1. The molecule has 0 saturated carbocycles. The molecule has 0 aromatic heterocycles. The van der Waals surface area contributed by atoms with Gasteiger partial charge in [0.1, 0.15) is 0 Å². The van der Waals surface area contributed by atoms with Crippen LogP contribution in [0.25, 0.3) is 0 Å². The van der Waals surface area contributed by atoms with E-state index < -0.39 is 5.60 Å². The van der Waals surface area contributed by atoms with Crippen LogP contribution in [0.15, 0.2) is 0 Å². The molecule has 6 nitrogen and oxygen atoms in total. The molecule has 2 amide bonds. The topological polar surface area (TPSA) is 78.9 Å². The van der Waals surface area contributed by atoms with Gasteiger partial charge in [0.2, 0.25) is 11.8 Å². The Bertz CT molecular complexity index is 366. The molecule has 2 aliphatic heterocycles. The summed E-state index contributed by atoms with van der Waals surface area (Å²) >= 11 is 0. The Morgan fingerprint density at radius 1 is 1.40 bits per heavy atom. The fourth-order valence-corrected chi connectivity index (χ4v) is 2.80. The standard InChI is InChI=1S/C14H24N2O4/c1-11(17)16-6-2-3-12(9-16)13(18)15-10-14(19)4-7-20-8-5-14/h12,19H,2-10H2,1H3,(H,15,18). The van der Waals surface area contributed by atoms with Gasteiger partial charge in [-0.05, 0) is 12.8 Å². The van der Waals surface area contributed by atoms with Crippen LogP contribution in [0.4, 0.5) is 0 Å². The fraction of sp³-hybridized carbons (Fsp3) is 0.857. The minimum atomic E-state index is -0.844. The van der Waals surface area contributed by atoms with E-state index in [9.17, 15) is 14.7 Å². The largest absolute Gasteiger partial charge is 0.388 e. The zero-order valence-electron chi connectivity index (χ0n) is 12.1. The Morgan fingerprint density at radius 2 is 2.10 bits per heavy atom. The van der Waals surface area contributed by atoms with Crippen molar-refractivity contribution in [3.8, 4) is 0 Å². The Labute approximate surface area is 119 Å². The summed E-state index contributed by atoms with van der Waals surface area (Å²) in [7, 11) is 0. The highest BCUT2D eigenvalue weighted by Gasteiger charge is 2.32. The summed E-state index contributed by atoms with van der Waals surface area (Å²) in [6.07, 6.45) is 2.77. The highest BCUT2D eigenvalue weighted by atomic mass is 16.5. The van der Waals surface area contributed by atoms with Crippen molar-refractivity contribution in [2.75, 3.05) is 32.8 Å². The molecule has 2 N–H and O–H groups in total. The Kier molecular flexibility index (Phi) is 4.99. The van der Waals surface area contributed by atoms with Crippen LogP contribution in [0.2, 0.25) is 0 Å². The molecule has 114 valence electrons. The lowest BCUT2D eigenvalue weighted by molar-refractivity contribution is -0.135. The Balaban J connectivity index is 1.80. The second-order valence-electron chi connectivity index (χ2n) is 5.86. The Morgan fingerprint density at radius 3 is 2.75 bits per heavy atom. The van der Waals surface area contributed by atoms with E-state index in [-0.39, 0.29) is 24.3 Å². The van der Waals surface area contributed by atoms with Gasteiger partial charge in [-0.3, -0.25) is 9.59 Å². The van der Waals surface area contributed by atoms with Crippen molar-refractivity contribution < 1.29 is 19.4 Å². The molecule has 0 radical (unpaired) electrons. The van der Waals surface area contributed by atoms with Gasteiger partial charge in [-0.1, -0.05) is 0 Å². The summed E-state index contributed by atoms with van der Waals surface area (Å²) in [5.41, 5.74) is -0.844. The van der Waals surface area contributed by atoms with Gasteiger partial charge in [-0.2, -0.15) is 0 Å². The number of aliphatic hydroxyl groups is 1. The predicted molar refractivity (Wildman–Crippen MR) is 73.0 cm³/mol. The first kappa shape index (κ1) is 15.3. The van der Waals surface area contributed by atoms with E-state index in [0.29, 0.717) is 32.6 Å². The summed E-state index contributed by atoms with van der Waals surface area (Å²) in [4.78, 5) is 25.2. The third-order valence-electron chi connectivity index (χ3n) is 4.25. The maximum atomic E-state index is 12.2. The lowest BCUT2D eigenvalue weighted by Gasteiger charge is -2.34. The van der Waals surface area contributed by atoms with Crippen LogP contribution in [0.1, 0.15) is 32.6 Å². The molecule has 0 aromatic carbocycles. The number of rotatable bonds is 3. The molecule has 6 heteroatoms. The van der Waals surface area contributed by atoms with Crippen LogP contribution in [-0.2, 0) is 14.3 Å². The van der Waals surface area contributed by atoms with Gasteiger partial charge in [0.05, 0.1) is 11.5 Å². The van der Waals surface area contributed by atoms with Crippen LogP contribution in [-0.4, -0.2) is 60.3 Å². The number of hydrogen-bond donors (Lipinski definition) is 2. The molecule has 2 fully saturated rings. The normalized spacial score (nSPS) is 26.1. The van der Waals surface area contributed by atoms with E-state index in [1.54, 1.807) is 4.90 Å². The lowest BCUT2D eigenvalue weighted by atomic mass is 9.93. The summed E-state index contributed by atoms with van der Waals surface area (Å²) < 4.78 is 5.21. The molecule has 1 atom stereocenters. The van der Waals surface area contributed by atoms with Crippen LogP contribution in [0.3, 0.4) is 0 Å². The van der Waals surface area contributed by atoms with Gasteiger partial charge in [0, 0.05) is 52.6 Å². The first-order valence-corrected chi connectivity index (χ1v) is 7.33. The average Bonchev–Trinajstić information content (AvgIpc) is 2.46. The van der Waals surface area contributed by atoms with Gasteiger partial charge in [-0.15, -0.1) is 0 Å². The van der Waals surface area contributed by atoms with E-state index in [4.69, 9.17) is 4.74 Å². The van der Waals surface area contributed by atoms with E-state index >= 15 is 0 Å². The summed E-state index contributed by atoms with van der Waals surface area (Å²) in [6, 6.07) is 0. The number of ether oxygens (including phenoxy) is 1. The van der Waals surface area contributed by atoms with E-state index in [1.165, 1.54) is 6.92 Å². The van der Waals surface area contributed by atoms with Gasteiger partial charge in [0.15, 0.2) is 0 Å². The molecular formula is C14H24N2O4. The van der Waals surface area contributed by atoms with Gasteiger partial charge >= 0.3 is 0 Å². The molecule has 0 aliphatic carbocycles. The molecule has 1 unspecified atom stereocenters. The van der Waals surface area contributed by atoms with E-state index in [1.807, 2.05) is 0 Å². The minimum Gasteiger partial charge on any atom is -0.388 e. The number of nitrogens with one attached hydrogen (secondary N) is 1. The molecule has 0 aromatic rings. The minimum absolute atomic E-state index is 0.0190. The third-order valence-corrected chi connectivity index (χ3v) is 4.25. The van der Waals surface area contributed by atoms with Crippen molar-refractivity contribution in [3.63, 3.8) is 0 Å². The molecule has 2 rings (SSSR count). The molecule has 0 spiro atoms. The quantitative estimate of drug-likeness (QED) is 0.759. The summed E-state index contributed by atoms with van der Waals surface area (Å²) in [5, 5.41) is 13.1. The fourth-order valence-electron chi connectivity index (χ4n) is 2.80. The Hall–Kier alpha value is -1.14. The lowest BCUT2D eigenvalue weighted by Crippen LogP contribution is -2.50. The second kappa shape index (κ2) is 6.54. The second-order valence-corrected chi connectivity index (χ2v) is 5.86. The SMILES string of the molecule is CC(=O)N1CCCC(C(=O)NCC2(O)CCOCC2)C1. The highest BCUT2D eigenvalue weighted by molar-refractivity contribution is 5.80. The van der Waals surface area contributed by atoms with Gasteiger partial charge < -0.3 is 20.1 Å². The molecule has 2 saturated heterocycles. The van der Waals surface area contributed by atoms with E-state index in [2.05, 4.69) is 5.32 Å². The average molecular weight is 284 g/mol. The highest BCUT2D eigenvalue weighted by Crippen LogP contribution is 2.20. The van der Waals surface area contributed by atoms with Crippen molar-refractivity contribution in [1.82, 2.24) is 10.2 Å². The van der Waals surface area contributed by atoms with Gasteiger partial charge in [0.25, 0.3) is 0 Å². The van der Waals surface area contributed by atoms with Crippen molar-refractivity contribution >= 4 is 11.8 Å². The van der Waals surface area contributed by atoms with Crippen molar-refractivity contribution in [2.45, 2.75) is 38.2 Å². The maximum Gasteiger partial charge on any atom is 0.225 e. The number of piperidine rings is 1. The summed E-state index contributed by atoms with van der Waals surface area (Å²) in [5.74, 6) is -0.197. The first-order valence-electron chi connectivity index (χ1n) is 7.33. The number of carbonyl (C=O) groups is 2. The van der Waals surface area contributed by atoms with Crippen LogP contribution in [0.5, 0.6) is 0 Å². The van der Waals surface area contributed by atoms with Crippen LogP contribution < -0.4 is 5.32 Å². The number of likely N-dealkylation sites (tertiary alicyclic amines) is 1. The van der Waals surface area contributed by atoms with Crippen molar-refractivity contribution in [1.29, 1.82) is 0 Å². The van der Waals surface area contributed by atoms with Crippen LogP contribution in [0, 0.1) is 5.92 Å². The molecule has 2 heterocycles. The molecule has 0 bridgehead atoms. The van der Waals surface area contributed by atoms with E-state index in [0.717, 1.165) is 19.4 Å². The molecule has 2 aliphatic rings. The number of hydrogen-bond acceptors (Lipinski definition) is 4. The van der Waals surface area contributed by atoms with Crippen LogP contribution >= 0.6 is 0 Å². The molecule has 20 heavy (non-hydrogen) atoms. The zero-order valence-corrected chi connectivity index (χ0v) is 12.1. The van der Waals surface area contributed by atoms with Crippen molar-refractivity contribution in [3.05, 3.63) is 0 Å². The van der Waals surface area contributed by atoms with Crippen molar-refractivity contribution in [2.24, 2.45) is 5.92 Å². The first-order chi connectivity index (χ1) is 9.50. The number of amides is 2. The third kappa shape index (κ3) is 3.93. The number of carbonyl (C=O) groups excluding carboxylic acids is 2. The predicted octanol–water partition coefficient (Wildman–Crippen LogP) is -0.0974. The summed E-state index contributed by atoms with van der Waals surface area (Å²) in [6.45, 7) is 4.10. The smallest absolute Gasteiger partial charge is 0.225 e.